The molecule has 1 aromatic carbocycles. The van der Waals surface area contributed by atoms with E-state index in [0.717, 1.165) is 13.2 Å². The molecule has 116 valence electrons. The highest BCUT2D eigenvalue weighted by atomic mass is 19.4. The maximum absolute atomic E-state index is 12.4. The van der Waals surface area contributed by atoms with Gasteiger partial charge in [-0.2, -0.15) is 13.2 Å². The number of hydrogen-bond donors (Lipinski definition) is 0. The molecule has 0 N–H and O–H groups in total. The van der Waals surface area contributed by atoms with Gasteiger partial charge < -0.3 is 9.47 Å². The number of methoxy groups -OCH3 is 1. The van der Waals surface area contributed by atoms with E-state index in [1.807, 2.05) is 0 Å². The average Bonchev–Trinajstić information content (AvgIpc) is 2.42. The summed E-state index contributed by atoms with van der Waals surface area (Å²) in [4.78, 5) is 21.2. The third-order valence-corrected chi connectivity index (χ3v) is 2.42. The van der Waals surface area contributed by atoms with Gasteiger partial charge in [0.2, 0.25) is 5.75 Å². The monoisotopic (exact) mass is 307 g/mol. The molecular formula is C12H12F3NO5. The van der Waals surface area contributed by atoms with Crippen LogP contribution in [0.4, 0.5) is 18.9 Å². The van der Waals surface area contributed by atoms with Crippen molar-refractivity contribution in [1.29, 1.82) is 0 Å². The molecule has 0 aliphatic carbocycles. The second-order valence-electron chi connectivity index (χ2n) is 3.96. The first kappa shape index (κ1) is 16.7. The van der Waals surface area contributed by atoms with E-state index in [4.69, 9.17) is 9.47 Å². The Balaban J connectivity index is 3.43. The number of hydrogen-bond acceptors (Lipinski definition) is 5. The summed E-state index contributed by atoms with van der Waals surface area (Å²) in [6.45, 7) is 1.86. The maximum atomic E-state index is 12.4. The summed E-state index contributed by atoms with van der Waals surface area (Å²) in [7, 11) is 1.11. The summed E-state index contributed by atoms with van der Waals surface area (Å²) in [6.07, 6.45) is -4.60. The summed E-state index contributed by atoms with van der Waals surface area (Å²) in [6, 6.07) is 1.30. The minimum absolute atomic E-state index is 0.115. The SMILES string of the molecule is CCCOc1c(OC)cc(C(=O)C(F)(F)F)cc1[N+](=O)[O-]. The number of halogens is 3. The van der Waals surface area contributed by atoms with Crippen LogP contribution >= 0.6 is 0 Å². The van der Waals surface area contributed by atoms with Gasteiger partial charge in [-0.05, 0) is 12.5 Å². The largest absolute Gasteiger partial charge is 0.493 e. The van der Waals surface area contributed by atoms with Gasteiger partial charge in [0.15, 0.2) is 5.75 Å². The second kappa shape index (κ2) is 6.42. The predicted octanol–water partition coefficient (Wildman–Crippen LogP) is 3.14. The highest BCUT2D eigenvalue weighted by molar-refractivity contribution is 6.01. The highest BCUT2D eigenvalue weighted by Crippen LogP contribution is 2.39. The Bertz CT molecular complexity index is 557. The van der Waals surface area contributed by atoms with Gasteiger partial charge in [0, 0.05) is 11.6 Å². The number of nitro benzene ring substituents is 1. The zero-order chi connectivity index (χ0) is 16.2. The molecule has 0 bridgehead atoms. The third kappa shape index (κ3) is 3.83. The lowest BCUT2D eigenvalue weighted by Crippen LogP contribution is -2.23. The van der Waals surface area contributed by atoms with Crippen LogP contribution in [-0.4, -0.2) is 30.6 Å². The molecule has 0 radical (unpaired) electrons. The molecule has 0 saturated carbocycles. The average molecular weight is 307 g/mol. The summed E-state index contributed by atoms with van der Waals surface area (Å²) >= 11 is 0. The van der Waals surface area contributed by atoms with Gasteiger partial charge in [-0.15, -0.1) is 0 Å². The molecule has 0 heterocycles. The number of Topliss-reactive ketones (excluding diaryl/α,β-unsaturated/α-hetero) is 1. The topological polar surface area (TPSA) is 78.7 Å². The Morgan fingerprint density at radius 1 is 1.38 bits per heavy atom. The van der Waals surface area contributed by atoms with E-state index < -0.39 is 28.1 Å². The van der Waals surface area contributed by atoms with Crippen molar-refractivity contribution in [3.05, 3.63) is 27.8 Å². The zero-order valence-corrected chi connectivity index (χ0v) is 11.2. The molecule has 0 amide bonds. The van der Waals surface area contributed by atoms with Crippen LogP contribution in [0.5, 0.6) is 11.5 Å². The lowest BCUT2D eigenvalue weighted by molar-refractivity contribution is -0.386. The van der Waals surface area contributed by atoms with Crippen molar-refractivity contribution in [3.63, 3.8) is 0 Å². The molecule has 0 unspecified atom stereocenters. The quantitative estimate of drug-likeness (QED) is 0.458. The van der Waals surface area contributed by atoms with Crippen molar-refractivity contribution < 1.29 is 32.4 Å². The Hall–Kier alpha value is -2.32. The van der Waals surface area contributed by atoms with Gasteiger partial charge in [0.05, 0.1) is 18.6 Å². The fourth-order valence-corrected chi connectivity index (χ4v) is 1.52. The minimum Gasteiger partial charge on any atom is -0.493 e. The van der Waals surface area contributed by atoms with Gasteiger partial charge in [-0.25, -0.2) is 0 Å². The van der Waals surface area contributed by atoms with Crippen molar-refractivity contribution in [1.82, 2.24) is 0 Å². The Morgan fingerprint density at radius 2 is 2.00 bits per heavy atom. The molecular weight excluding hydrogens is 295 g/mol. The smallest absolute Gasteiger partial charge is 0.454 e. The molecule has 0 aliphatic heterocycles. The van der Waals surface area contributed by atoms with Crippen molar-refractivity contribution in [2.45, 2.75) is 19.5 Å². The number of nitrogens with zero attached hydrogens (tertiary/aromatic N) is 1. The summed E-state index contributed by atoms with van der Waals surface area (Å²) in [5.74, 6) is -2.79. The van der Waals surface area contributed by atoms with Crippen molar-refractivity contribution in [2.75, 3.05) is 13.7 Å². The number of ketones is 1. The number of carbonyl (C=O) groups excluding carboxylic acids is 1. The van der Waals surface area contributed by atoms with Crippen LogP contribution in [0.3, 0.4) is 0 Å². The van der Waals surface area contributed by atoms with Crippen LogP contribution < -0.4 is 9.47 Å². The van der Waals surface area contributed by atoms with E-state index in [-0.39, 0.29) is 18.1 Å². The summed E-state index contributed by atoms with van der Waals surface area (Å²) < 4.78 is 47.2. The number of nitro groups is 1. The first-order valence-corrected chi connectivity index (χ1v) is 5.83. The van der Waals surface area contributed by atoms with Crippen molar-refractivity contribution in [2.24, 2.45) is 0 Å². The van der Waals surface area contributed by atoms with E-state index in [1.54, 1.807) is 6.92 Å². The Labute approximate surface area is 117 Å². The van der Waals surface area contributed by atoms with Crippen LogP contribution in [-0.2, 0) is 0 Å². The van der Waals surface area contributed by atoms with Gasteiger partial charge >= 0.3 is 11.9 Å². The van der Waals surface area contributed by atoms with Crippen molar-refractivity contribution >= 4 is 11.5 Å². The molecule has 21 heavy (non-hydrogen) atoms. The maximum Gasteiger partial charge on any atom is 0.454 e. The number of ether oxygens (including phenoxy) is 2. The van der Waals surface area contributed by atoms with Gasteiger partial charge in [-0.3, -0.25) is 14.9 Å². The molecule has 0 spiro atoms. The molecule has 0 fully saturated rings. The van der Waals surface area contributed by atoms with E-state index in [2.05, 4.69) is 0 Å². The zero-order valence-electron chi connectivity index (χ0n) is 11.2. The van der Waals surface area contributed by atoms with E-state index >= 15 is 0 Å². The predicted molar refractivity (Wildman–Crippen MR) is 65.8 cm³/mol. The molecule has 1 rings (SSSR count). The van der Waals surface area contributed by atoms with Gasteiger partial charge in [0.25, 0.3) is 5.78 Å². The van der Waals surface area contributed by atoms with E-state index in [1.165, 1.54) is 0 Å². The first-order valence-electron chi connectivity index (χ1n) is 5.83. The number of rotatable bonds is 6. The standard InChI is InChI=1S/C12H12F3NO5/c1-3-4-21-10-8(16(18)19)5-7(6-9(10)20-2)11(17)12(13,14)15/h5-6H,3-4H2,1-2H3. The third-order valence-electron chi connectivity index (χ3n) is 2.42. The second-order valence-corrected chi connectivity index (χ2v) is 3.96. The number of carbonyl (C=O) groups is 1. The van der Waals surface area contributed by atoms with E-state index in [9.17, 15) is 28.1 Å². The molecule has 6 nitrogen and oxygen atoms in total. The first-order chi connectivity index (χ1) is 9.72. The molecule has 0 aromatic heterocycles. The van der Waals surface area contributed by atoms with E-state index in [0.29, 0.717) is 12.5 Å². The molecule has 0 saturated heterocycles. The Morgan fingerprint density at radius 3 is 2.43 bits per heavy atom. The van der Waals surface area contributed by atoms with Crippen LogP contribution in [0.1, 0.15) is 23.7 Å². The van der Waals surface area contributed by atoms with Crippen LogP contribution in [0.25, 0.3) is 0 Å². The summed E-state index contributed by atoms with van der Waals surface area (Å²) in [5.41, 5.74) is -1.63. The minimum atomic E-state index is -5.13. The van der Waals surface area contributed by atoms with Crippen molar-refractivity contribution in [3.8, 4) is 11.5 Å². The molecule has 0 aliphatic rings. The van der Waals surface area contributed by atoms with Gasteiger partial charge in [-0.1, -0.05) is 6.92 Å². The number of alkyl halides is 3. The Kier molecular flexibility index (Phi) is 5.12. The highest BCUT2D eigenvalue weighted by Gasteiger charge is 2.41. The molecule has 9 heteroatoms. The lowest BCUT2D eigenvalue weighted by Gasteiger charge is -2.12. The van der Waals surface area contributed by atoms with Crippen LogP contribution in [0, 0.1) is 10.1 Å². The molecule has 1 aromatic rings. The summed E-state index contributed by atoms with van der Waals surface area (Å²) in [5, 5.41) is 11.0. The molecule has 0 atom stereocenters. The van der Waals surface area contributed by atoms with Crippen LogP contribution in [0.15, 0.2) is 12.1 Å². The number of benzene rings is 1. The van der Waals surface area contributed by atoms with Gasteiger partial charge in [0.1, 0.15) is 0 Å². The normalized spacial score (nSPS) is 11.1. The van der Waals surface area contributed by atoms with Crippen LogP contribution in [0.2, 0.25) is 0 Å². The fourth-order valence-electron chi connectivity index (χ4n) is 1.52. The fraction of sp³-hybridized carbons (Fsp3) is 0.417. The lowest BCUT2D eigenvalue weighted by atomic mass is 10.1.